The number of cyclic esters (lactones) is 1. The first-order valence-corrected chi connectivity index (χ1v) is 9.48. The molecule has 0 radical (unpaired) electrons. The van der Waals surface area contributed by atoms with E-state index < -0.39 is 0 Å². The van der Waals surface area contributed by atoms with Gasteiger partial charge in [-0.25, -0.2) is 0 Å². The summed E-state index contributed by atoms with van der Waals surface area (Å²) in [5.74, 6) is 1.12. The molecule has 3 unspecified atom stereocenters. The van der Waals surface area contributed by atoms with E-state index in [4.69, 9.17) is 9.47 Å². The van der Waals surface area contributed by atoms with Crippen molar-refractivity contribution >= 4 is 15.5 Å². The summed E-state index contributed by atoms with van der Waals surface area (Å²) in [4.78, 5) is 11.5. The zero-order valence-corrected chi connectivity index (χ0v) is 12.2. The second-order valence-corrected chi connectivity index (χ2v) is 7.13. The quantitative estimate of drug-likeness (QED) is 0.427. The second-order valence-electron chi connectivity index (χ2n) is 5.43. The number of hydrogen-bond acceptors (Lipinski definition) is 3. The molecule has 2 fully saturated rings. The van der Waals surface area contributed by atoms with Crippen molar-refractivity contribution in [1.29, 1.82) is 0 Å². The largest absolute Gasteiger partial charge is 0.466 e. The van der Waals surface area contributed by atoms with Crippen LogP contribution in [0.5, 0.6) is 0 Å². The molecule has 17 heavy (non-hydrogen) atoms. The van der Waals surface area contributed by atoms with Crippen LogP contribution in [0.25, 0.3) is 0 Å². The van der Waals surface area contributed by atoms with E-state index in [0.29, 0.717) is 25.0 Å². The van der Waals surface area contributed by atoms with Crippen LogP contribution in [-0.4, -0.2) is 34.8 Å². The molecular weight excluding hydrogens is 232 g/mol. The van der Waals surface area contributed by atoms with Gasteiger partial charge < -0.3 is 9.47 Å². The molecular formula is C13H24O3Si. The van der Waals surface area contributed by atoms with Crippen molar-refractivity contribution in [2.75, 3.05) is 13.2 Å². The van der Waals surface area contributed by atoms with E-state index in [1.165, 1.54) is 18.9 Å². The monoisotopic (exact) mass is 256 g/mol. The molecule has 0 aromatic heterocycles. The average molecular weight is 256 g/mol. The van der Waals surface area contributed by atoms with Gasteiger partial charge in [0.25, 0.3) is 0 Å². The molecule has 0 aromatic rings. The van der Waals surface area contributed by atoms with Gasteiger partial charge in [-0.05, 0) is 37.5 Å². The van der Waals surface area contributed by atoms with Crippen LogP contribution >= 0.6 is 0 Å². The Hall–Kier alpha value is -0.353. The summed E-state index contributed by atoms with van der Waals surface area (Å²) in [6, 6.07) is 1.38. The van der Waals surface area contributed by atoms with Crippen molar-refractivity contribution in [3.05, 3.63) is 0 Å². The highest BCUT2D eigenvalue weighted by molar-refractivity contribution is 6.33. The molecule has 1 aliphatic carbocycles. The minimum absolute atomic E-state index is 0.0232. The fourth-order valence-corrected chi connectivity index (χ4v) is 3.76. The first-order chi connectivity index (χ1) is 8.29. The van der Waals surface area contributed by atoms with Crippen LogP contribution in [0.3, 0.4) is 0 Å². The minimum atomic E-state index is -0.0232. The lowest BCUT2D eigenvalue weighted by atomic mass is 9.98. The van der Waals surface area contributed by atoms with Crippen LogP contribution in [0, 0.1) is 11.8 Å². The highest BCUT2D eigenvalue weighted by Crippen LogP contribution is 2.38. The molecule has 98 valence electrons. The minimum Gasteiger partial charge on any atom is -0.466 e. The standard InChI is InChI=1S/C13H24O3Si/c1-17-6-2-4-15-12-8-10-3-5-16-13(14)9-11(12)7-10/h10-12H,2-9,17H2,1H3. The first-order valence-electron chi connectivity index (χ1n) is 7.06. The number of hydrogen-bond donors (Lipinski definition) is 0. The molecule has 1 heterocycles. The normalized spacial score (nSPS) is 33.7. The summed E-state index contributed by atoms with van der Waals surface area (Å²) in [5.41, 5.74) is 0. The van der Waals surface area contributed by atoms with E-state index in [2.05, 4.69) is 6.55 Å². The highest BCUT2D eigenvalue weighted by Gasteiger charge is 2.37. The van der Waals surface area contributed by atoms with Gasteiger partial charge in [0.1, 0.15) is 0 Å². The number of carbonyl (C=O) groups is 1. The van der Waals surface area contributed by atoms with Crippen LogP contribution in [0.4, 0.5) is 0 Å². The van der Waals surface area contributed by atoms with E-state index in [1.807, 2.05) is 0 Å². The van der Waals surface area contributed by atoms with E-state index >= 15 is 0 Å². The van der Waals surface area contributed by atoms with Gasteiger partial charge in [-0.2, -0.15) is 0 Å². The van der Waals surface area contributed by atoms with Crippen molar-refractivity contribution in [2.24, 2.45) is 11.8 Å². The van der Waals surface area contributed by atoms with E-state index in [9.17, 15) is 4.79 Å². The van der Waals surface area contributed by atoms with E-state index in [-0.39, 0.29) is 15.5 Å². The molecule has 3 nitrogen and oxygen atoms in total. The van der Waals surface area contributed by atoms with Crippen molar-refractivity contribution in [1.82, 2.24) is 0 Å². The lowest BCUT2D eigenvalue weighted by Crippen LogP contribution is -2.22. The third-order valence-corrected chi connectivity index (χ3v) is 5.23. The Balaban J connectivity index is 1.79. The second kappa shape index (κ2) is 6.54. The summed E-state index contributed by atoms with van der Waals surface area (Å²) < 4.78 is 11.2. The Morgan fingerprint density at radius 2 is 2.35 bits per heavy atom. The topological polar surface area (TPSA) is 35.5 Å². The molecule has 0 N–H and O–H groups in total. The maximum atomic E-state index is 11.5. The van der Waals surface area contributed by atoms with Crippen LogP contribution < -0.4 is 0 Å². The van der Waals surface area contributed by atoms with E-state index in [0.717, 1.165) is 25.4 Å². The maximum absolute atomic E-state index is 11.5. The maximum Gasteiger partial charge on any atom is 0.306 e. The molecule has 0 amide bonds. The molecule has 1 saturated carbocycles. The van der Waals surface area contributed by atoms with Gasteiger partial charge in [-0.15, -0.1) is 0 Å². The fourth-order valence-electron chi connectivity index (χ4n) is 3.05. The van der Waals surface area contributed by atoms with Crippen molar-refractivity contribution in [2.45, 2.75) is 50.8 Å². The Morgan fingerprint density at radius 3 is 3.18 bits per heavy atom. The highest BCUT2D eigenvalue weighted by atomic mass is 28.2. The van der Waals surface area contributed by atoms with Gasteiger partial charge in [0, 0.05) is 16.1 Å². The van der Waals surface area contributed by atoms with Gasteiger partial charge >= 0.3 is 5.97 Å². The predicted octanol–water partition coefficient (Wildman–Crippen LogP) is 1.76. The Kier molecular flexibility index (Phi) is 5.04. The third-order valence-electron chi connectivity index (χ3n) is 4.03. The zero-order valence-electron chi connectivity index (χ0n) is 10.8. The molecule has 0 aromatic carbocycles. The smallest absolute Gasteiger partial charge is 0.306 e. The van der Waals surface area contributed by atoms with Gasteiger partial charge in [0.2, 0.25) is 0 Å². The van der Waals surface area contributed by atoms with Gasteiger partial charge in [-0.3, -0.25) is 4.79 Å². The van der Waals surface area contributed by atoms with Gasteiger partial charge in [0.15, 0.2) is 0 Å². The number of esters is 1. The van der Waals surface area contributed by atoms with Crippen LogP contribution in [0.2, 0.25) is 12.6 Å². The van der Waals surface area contributed by atoms with Crippen LogP contribution in [0.1, 0.15) is 32.1 Å². The zero-order chi connectivity index (χ0) is 12.1. The Bertz CT molecular complexity index is 257. The molecule has 2 bridgehead atoms. The van der Waals surface area contributed by atoms with Crippen molar-refractivity contribution < 1.29 is 14.3 Å². The SMILES string of the molecule is C[SiH2]CCCOC1CC2CCOC(=O)CC1C2. The molecule has 4 heteroatoms. The van der Waals surface area contributed by atoms with Crippen molar-refractivity contribution in [3.63, 3.8) is 0 Å². The van der Waals surface area contributed by atoms with Crippen LogP contribution in [-0.2, 0) is 14.3 Å². The predicted molar refractivity (Wildman–Crippen MR) is 70.0 cm³/mol. The summed E-state index contributed by atoms with van der Waals surface area (Å²) in [6.45, 7) is 3.85. The molecule has 1 aliphatic heterocycles. The fraction of sp³-hybridized carbons (Fsp3) is 0.923. The lowest BCUT2D eigenvalue weighted by molar-refractivity contribution is -0.146. The Labute approximate surface area is 106 Å². The molecule has 2 aliphatic rings. The third kappa shape index (κ3) is 3.81. The Morgan fingerprint density at radius 1 is 1.47 bits per heavy atom. The molecule has 3 atom stereocenters. The molecule has 2 rings (SSSR count). The van der Waals surface area contributed by atoms with E-state index in [1.54, 1.807) is 0 Å². The number of rotatable bonds is 5. The summed E-state index contributed by atoms with van der Waals surface area (Å²) >= 11 is 0. The summed E-state index contributed by atoms with van der Waals surface area (Å²) in [5, 5.41) is 0. The number of fused-ring (bicyclic) bond motifs is 2. The molecule has 1 saturated heterocycles. The summed E-state index contributed by atoms with van der Waals surface area (Å²) in [6.07, 6.45) is 5.45. The first kappa shape index (κ1) is 13.1. The van der Waals surface area contributed by atoms with Crippen LogP contribution in [0.15, 0.2) is 0 Å². The van der Waals surface area contributed by atoms with Gasteiger partial charge in [-0.1, -0.05) is 12.6 Å². The van der Waals surface area contributed by atoms with Crippen molar-refractivity contribution in [3.8, 4) is 0 Å². The summed E-state index contributed by atoms with van der Waals surface area (Å²) in [7, 11) is 0.182. The number of carbonyl (C=O) groups excluding carboxylic acids is 1. The average Bonchev–Trinajstić information content (AvgIpc) is 2.67. The van der Waals surface area contributed by atoms with Gasteiger partial charge in [0.05, 0.1) is 19.1 Å². The lowest BCUT2D eigenvalue weighted by Gasteiger charge is -2.19. The molecule has 0 spiro atoms. The number of ether oxygens (including phenoxy) is 2.